The minimum absolute atomic E-state index is 0.133. The van der Waals surface area contributed by atoms with E-state index in [0.29, 0.717) is 23.3 Å². The minimum Gasteiger partial charge on any atom is -0.427 e. The molecule has 0 bridgehead atoms. The van der Waals surface area contributed by atoms with Gasteiger partial charge in [0.2, 0.25) is 0 Å². The average Bonchev–Trinajstić information content (AvgIpc) is 3.19. The van der Waals surface area contributed by atoms with Gasteiger partial charge in [0.15, 0.2) is 0 Å². The SMILES string of the molecule is CC(=O)Oc1ccc([C]2C3C=CCC3[C](c3ccc(OC(C)=O)cc3)C2(C)C)cc1. The number of carbonyl (C=O) groups is 2. The van der Waals surface area contributed by atoms with Crippen LogP contribution in [0.3, 0.4) is 0 Å². The third-order valence-electron chi connectivity index (χ3n) is 6.07. The fraction of sp³-hybridized carbons (Fsp3) is 0.308. The summed E-state index contributed by atoms with van der Waals surface area (Å²) in [6, 6.07) is 15.6. The Morgan fingerprint density at radius 1 is 0.800 bits per heavy atom. The molecule has 1 fully saturated rings. The second-order valence-corrected chi connectivity index (χ2v) is 8.48. The van der Waals surface area contributed by atoms with Crippen LogP contribution in [0.1, 0.15) is 45.2 Å². The summed E-state index contributed by atoms with van der Waals surface area (Å²) in [5.74, 6) is 4.05. The van der Waals surface area contributed by atoms with Crippen LogP contribution in [0.2, 0.25) is 0 Å². The zero-order valence-corrected chi connectivity index (χ0v) is 17.8. The molecule has 2 aromatic rings. The molecule has 2 unspecified atom stereocenters. The molecule has 4 rings (SSSR count). The molecule has 2 aromatic carbocycles. The zero-order valence-electron chi connectivity index (χ0n) is 17.8. The summed E-state index contributed by atoms with van der Waals surface area (Å²) in [5, 5.41) is 0. The molecule has 0 saturated heterocycles. The zero-order chi connectivity index (χ0) is 21.5. The number of rotatable bonds is 4. The van der Waals surface area contributed by atoms with Gasteiger partial charge in [0.25, 0.3) is 0 Å². The van der Waals surface area contributed by atoms with Gasteiger partial charge in [-0.25, -0.2) is 0 Å². The highest BCUT2D eigenvalue weighted by molar-refractivity contribution is 5.70. The van der Waals surface area contributed by atoms with Crippen LogP contribution in [0.25, 0.3) is 0 Å². The highest BCUT2D eigenvalue weighted by atomic mass is 16.5. The van der Waals surface area contributed by atoms with E-state index in [9.17, 15) is 9.59 Å². The second kappa shape index (κ2) is 7.75. The molecule has 30 heavy (non-hydrogen) atoms. The van der Waals surface area contributed by atoms with Crippen LogP contribution < -0.4 is 9.47 Å². The normalized spacial score (nSPS) is 22.7. The summed E-state index contributed by atoms with van der Waals surface area (Å²) in [4.78, 5) is 22.4. The highest BCUT2D eigenvalue weighted by Crippen LogP contribution is 2.64. The Kier molecular flexibility index (Phi) is 5.27. The fourth-order valence-electron chi connectivity index (χ4n) is 5.14. The number of fused-ring (bicyclic) bond motifs is 1. The predicted octanol–water partition coefficient (Wildman–Crippen LogP) is 5.31. The standard InChI is InChI=1S/C26H26O4/c1-16(27)29-20-12-8-18(9-13-20)24-22-6-5-7-23(22)25(26(24,3)4)19-10-14-21(15-11-19)30-17(2)28/h5-6,8-15,22-23H,7H2,1-4H3. The largest absolute Gasteiger partial charge is 0.427 e. The van der Waals surface area contributed by atoms with E-state index in [1.165, 1.54) is 36.8 Å². The lowest BCUT2D eigenvalue weighted by Gasteiger charge is -2.35. The van der Waals surface area contributed by atoms with Crippen LogP contribution >= 0.6 is 0 Å². The van der Waals surface area contributed by atoms with Crippen molar-refractivity contribution in [3.63, 3.8) is 0 Å². The Bertz CT molecular complexity index is 969. The van der Waals surface area contributed by atoms with Gasteiger partial charge in [0, 0.05) is 25.7 Å². The maximum Gasteiger partial charge on any atom is 0.308 e. The lowest BCUT2D eigenvalue weighted by atomic mass is 9.68. The van der Waals surface area contributed by atoms with E-state index in [0.717, 1.165) is 6.42 Å². The number of carbonyl (C=O) groups excluding carboxylic acids is 2. The maximum atomic E-state index is 11.2. The summed E-state index contributed by atoms with van der Waals surface area (Å²) in [5.41, 5.74) is 2.22. The molecule has 0 heterocycles. The van der Waals surface area contributed by atoms with Crippen LogP contribution in [0.4, 0.5) is 0 Å². The number of allylic oxidation sites excluding steroid dienone is 2. The molecule has 4 nitrogen and oxygen atoms in total. The first-order chi connectivity index (χ1) is 14.3. The smallest absolute Gasteiger partial charge is 0.308 e. The molecule has 0 spiro atoms. The first kappa shape index (κ1) is 20.4. The van der Waals surface area contributed by atoms with Crippen LogP contribution in [-0.4, -0.2) is 11.9 Å². The topological polar surface area (TPSA) is 52.6 Å². The Labute approximate surface area is 177 Å². The van der Waals surface area contributed by atoms with Gasteiger partial charge in [-0.2, -0.15) is 0 Å². The van der Waals surface area contributed by atoms with E-state index in [4.69, 9.17) is 9.47 Å². The molecule has 4 heteroatoms. The van der Waals surface area contributed by atoms with E-state index < -0.39 is 0 Å². The van der Waals surface area contributed by atoms with Gasteiger partial charge in [-0.05, 0) is 59.1 Å². The van der Waals surface area contributed by atoms with Gasteiger partial charge in [0.1, 0.15) is 11.5 Å². The summed E-state index contributed by atoms with van der Waals surface area (Å²) in [6.45, 7) is 7.38. The molecular weight excluding hydrogens is 376 g/mol. The first-order valence-corrected chi connectivity index (χ1v) is 10.3. The van der Waals surface area contributed by atoms with Crippen molar-refractivity contribution in [2.75, 3.05) is 0 Å². The maximum absolute atomic E-state index is 11.2. The number of esters is 2. The number of benzene rings is 2. The van der Waals surface area contributed by atoms with Crippen molar-refractivity contribution in [3.05, 3.63) is 83.6 Å². The Hall–Kier alpha value is -2.88. The van der Waals surface area contributed by atoms with E-state index in [-0.39, 0.29) is 17.4 Å². The monoisotopic (exact) mass is 402 g/mol. The van der Waals surface area contributed by atoms with E-state index in [2.05, 4.69) is 38.1 Å². The van der Waals surface area contributed by atoms with Gasteiger partial charge >= 0.3 is 11.9 Å². The third kappa shape index (κ3) is 3.67. The third-order valence-corrected chi connectivity index (χ3v) is 6.07. The number of hydrogen-bond acceptors (Lipinski definition) is 4. The van der Waals surface area contributed by atoms with Crippen LogP contribution in [-0.2, 0) is 9.59 Å². The minimum atomic E-state index is -0.316. The van der Waals surface area contributed by atoms with Crippen molar-refractivity contribution in [2.45, 2.75) is 34.1 Å². The molecule has 0 N–H and O–H groups in total. The molecule has 2 aliphatic rings. The molecular formula is C26H26O4. The van der Waals surface area contributed by atoms with E-state index in [1.807, 2.05) is 36.4 Å². The van der Waals surface area contributed by atoms with Crippen LogP contribution in [0.5, 0.6) is 11.5 Å². The van der Waals surface area contributed by atoms with Gasteiger partial charge in [-0.3, -0.25) is 9.59 Å². The molecule has 2 aliphatic carbocycles. The highest BCUT2D eigenvalue weighted by Gasteiger charge is 2.56. The van der Waals surface area contributed by atoms with E-state index >= 15 is 0 Å². The summed E-state index contributed by atoms with van der Waals surface area (Å²) >= 11 is 0. The molecule has 2 atom stereocenters. The lowest BCUT2D eigenvalue weighted by Crippen LogP contribution is -2.26. The van der Waals surface area contributed by atoms with Gasteiger partial charge < -0.3 is 9.47 Å². The van der Waals surface area contributed by atoms with Crippen LogP contribution in [0, 0.1) is 29.1 Å². The van der Waals surface area contributed by atoms with Crippen molar-refractivity contribution in [1.29, 1.82) is 0 Å². The Morgan fingerprint density at radius 2 is 1.27 bits per heavy atom. The number of hydrogen-bond donors (Lipinski definition) is 0. The van der Waals surface area contributed by atoms with Gasteiger partial charge in [0.05, 0.1) is 0 Å². The Morgan fingerprint density at radius 3 is 1.73 bits per heavy atom. The molecule has 0 amide bonds. The molecule has 1 saturated carbocycles. The van der Waals surface area contributed by atoms with Crippen molar-refractivity contribution in [3.8, 4) is 11.5 Å². The van der Waals surface area contributed by atoms with Crippen LogP contribution in [0.15, 0.2) is 60.7 Å². The van der Waals surface area contributed by atoms with Crippen molar-refractivity contribution >= 4 is 11.9 Å². The fourth-order valence-corrected chi connectivity index (χ4v) is 5.14. The quantitative estimate of drug-likeness (QED) is 0.395. The second-order valence-electron chi connectivity index (χ2n) is 8.48. The first-order valence-electron chi connectivity index (χ1n) is 10.3. The van der Waals surface area contributed by atoms with Crippen molar-refractivity contribution < 1.29 is 19.1 Å². The average molecular weight is 402 g/mol. The van der Waals surface area contributed by atoms with Crippen molar-refractivity contribution in [1.82, 2.24) is 0 Å². The molecule has 0 aliphatic heterocycles. The molecule has 0 aromatic heterocycles. The van der Waals surface area contributed by atoms with E-state index in [1.54, 1.807) is 0 Å². The predicted molar refractivity (Wildman–Crippen MR) is 115 cm³/mol. The van der Waals surface area contributed by atoms with Gasteiger partial charge in [-0.15, -0.1) is 0 Å². The Balaban J connectivity index is 1.66. The number of ether oxygens (including phenoxy) is 2. The summed E-state index contributed by atoms with van der Waals surface area (Å²) < 4.78 is 10.4. The lowest BCUT2D eigenvalue weighted by molar-refractivity contribution is -0.132. The molecule has 154 valence electrons. The molecule has 2 radical (unpaired) electrons. The summed E-state index contributed by atoms with van der Waals surface area (Å²) in [6.07, 6.45) is 5.61. The summed E-state index contributed by atoms with van der Waals surface area (Å²) in [7, 11) is 0. The van der Waals surface area contributed by atoms with Gasteiger partial charge in [-0.1, -0.05) is 50.3 Å². The van der Waals surface area contributed by atoms with Crippen molar-refractivity contribution in [2.24, 2.45) is 17.3 Å².